The van der Waals surface area contributed by atoms with E-state index in [1.807, 2.05) is 31.2 Å². The SMILES string of the molecule is CCCn1nc(C(N)c2ccc(OC)cc2)ccc1=O. The lowest BCUT2D eigenvalue weighted by atomic mass is 10.0. The Morgan fingerprint density at radius 3 is 2.55 bits per heavy atom. The molecular weight excluding hydrogens is 254 g/mol. The van der Waals surface area contributed by atoms with E-state index in [9.17, 15) is 4.79 Å². The van der Waals surface area contributed by atoms with Crippen molar-refractivity contribution >= 4 is 0 Å². The molecule has 0 saturated heterocycles. The van der Waals surface area contributed by atoms with Gasteiger partial charge in [-0.3, -0.25) is 4.79 Å². The summed E-state index contributed by atoms with van der Waals surface area (Å²) in [6.07, 6.45) is 0.855. The minimum atomic E-state index is -0.357. The van der Waals surface area contributed by atoms with Crippen molar-refractivity contribution in [3.63, 3.8) is 0 Å². The van der Waals surface area contributed by atoms with Gasteiger partial charge in [0, 0.05) is 12.6 Å². The second kappa shape index (κ2) is 6.34. The molecule has 0 aliphatic rings. The summed E-state index contributed by atoms with van der Waals surface area (Å²) in [5.41, 5.74) is 7.72. The number of hydrogen-bond acceptors (Lipinski definition) is 4. The van der Waals surface area contributed by atoms with Crippen molar-refractivity contribution in [3.8, 4) is 5.75 Å². The highest BCUT2D eigenvalue weighted by Crippen LogP contribution is 2.20. The van der Waals surface area contributed by atoms with Crippen LogP contribution in [0.15, 0.2) is 41.2 Å². The number of nitrogens with two attached hydrogens (primary N) is 1. The average Bonchev–Trinajstić information content (AvgIpc) is 2.49. The first-order valence-electron chi connectivity index (χ1n) is 6.63. The van der Waals surface area contributed by atoms with Crippen molar-refractivity contribution in [1.82, 2.24) is 9.78 Å². The fourth-order valence-electron chi connectivity index (χ4n) is 1.98. The molecule has 1 heterocycles. The number of methoxy groups -OCH3 is 1. The Kier molecular flexibility index (Phi) is 4.53. The van der Waals surface area contributed by atoms with Crippen molar-refractivity contribution in [1.29, 1.82) is 0 Å². The Balaban J connectivity index is 2.29. The van der Waals surface area contributed by atoms with Crippen molar-refractivity contribution in [2.45, 2.75) is 25.9 Å². The minimum absolute atomic E-state index is 0.0995. The molecule has 0 spiro atoms. The first-order valence-corrected chi connectivity index (χ1v) is 6.63. The van der Waals surface area contributed by atoms with Gasteiger partial charge >= 0.3 is 0 Å². The maximum atomic E-state index is 11.6. The molecule has 1 aromatic heterocycles. The normalized spacial score (nSPS) is 12.2. The highest BCUT2D eigenvalue weighted by Gasteiger charge is 2.12. The molecule has 0 aliphatic carbocycles. The molecule has 106 valence electrons. The number of hydrogen-bond donors (Lipinski definition) is 1. The number of rotatable bonds is 5. The third kappa shape index (κ3) is 3.05. The zero-order valence-corrected chi connectivity index (χ0v) is 11.7. The maximum Gasteiger partial charge on any atom is 0.266 e. The summed E-state index contributed by atoms with van der Waals surface area (Å²) in [6.45, 7) is 2.60. The van der Waals surface area contributed by atoms with E-state index < -0.39 is 0 Å². The molecule has 0 amide bonds. The Labute approximate surface area is 118 Å². The summed E-state index contributed by atoms with van der Waals surface area (Å²) < 4.78 is 6.58. The molecule has 1 unspecified atom stereocenters. The van der Waals surface area contributed by atoms with Gasteiger partial charge in [0.05, 0.1) is 18.8 Å². The Morgan fingerprint density at radius 1 is 1.25 bits per heavy atom. The predicted molar refractivity (Wildman–Crippen MR) is 77.8 cm³/mol. The molecule has 5 heteroatoms. The van der Waals surface area contributed by atoms with Crippen LogP contribution in [0.25, 0.3) is 0 Å². The molecule has 2 rings (SSSR count). The first-order chi connectivity index (χ1) is 9.65. The van der Waals surface area contributed by atoms with Crippen LogP contribution in [-0.4, -0.2) is 16.9 Å². The maximum absolute atomic E-state index is 11.6. The van der Waals surface area contributed by atoms with E-state index in [2.05, 4.69) is 5.10 Å². The van der Waals surface area contributed by atoms with Crippen molar-refractivity contribution < 1.29 is 4.74 Å². The zero-order chi connectivity index (χ0) is 14.5. The summed E-state index contributed by atoms with van der Waals surface area (Å²) in [4.78, 5) is 11.6. The number of ether oxygens (including phenoxy) is 1. The molecule has 0 aliphatic heterocycles. The lowest BCUT2D eigenvalue weighted by molar-refractivity contribution is 0.414. The van der Waals surface area contributed by atoms with E-state index >= 15 is 0 Å². The van der Waals surface area contributed by atoms with Crippen LogP contribution in [0.4, 0.5) is 0 Å². The van der Waals surface area contributed by atoms with Gasteiger partial charge < -0.3 is 10.5 Å². The summed E-state index contributed by atoms with van der Waals surface area (Å²) in [5, 5.41) is 4.33. The summed E-state index contributed by atoms with van der Waals surface area (Å²) in [6, 6.07) is 10.4. The average molecular weight is 273 g/mol. The molecule has 0 saturated carbocycles. The number of aromatic nitrogens is 2. The van der Waals surface area contributed by atoms with Crippen LogP contribution < -0.4 is 16.0 Å². The lowest BCUT2D eigenvalue weighted by Gasteiger charge is -2.13. The van der Waals surface area contributed by atoms with Crippen LogP contribution in [0.5, 0.6) is 5.75 Å². The Bertz CT molecular complexity index is 620. The van der Waals surface area contributed by atoms with E-state index in [-0.39, 0.29) is 11.6 Å². The molecular formula is C15H19N3O2. The van der Waals surface area contributed by atoms with Gasteiger partial charge in [-0.15, -0.1) is 0 Å². The largest absolute Gasteiger partial charge is 0.497 e. The molecule has 1 atom stereocenters. The van der Waals surface area contributed by atoms with E-state index in [0.29, 0.717) is 12.2 Å². The second-order valence-electron chi connectivity index (χ2n) is 4.57. The van der Waals surface area contributed by atoms with E-state index in [1.54, 1.807) is 13.2 Å². The van der Waals surface area contributed by atoms with Crippen molar-refractivity contribution in [2.24, 2.45) is 5.73 Å². The quantitative estimate of drug-likeness (QED) is 0.900. The van der Waals surface area contributed by atoms with Crippen molar-refractivity contribution in [2.75, 3.05) is 7.11 Å². The number of benzene rings is 1. The number of nitrogens with zero attached hydrogens (tertiary/aromatic N) is 2. The fourth-order valence-corrected chi connectivity index (χ4v) is 1.98. The summed E-state index contributed by atoms with van der Waals surface area (Å²) >= 11 is 0. The lowest BCUT2D eigenvalue weighted by Crippen LogP contribution is -2.25. The molecule has 20 heavy (non-hydrogen) atoms. The highest BCUT2D eigenvalue weighted by molar-refractivity contribution is 5.32. The van der Waals surface area contributed by atoms with Gasteiger partial charge in [-0.1, -0.05) is 19.1 Å². The molecule has 2 aromatic rings. The molecule has 0 radical (unpaired) electrons. The molecule has 5 nitrogen and oxygen atoms in total. The standard InChI is InChI=1S/C15H19N3O2/c1-3-10-18-14(19)9-8-13(17-18)15(16)11-4-6-12(20-2)7-5-11/h4-9,15H,3,10,16H2,1-2H3. The van der Waals surface area contributed by atoms with Gasteiger partial charge in [-0.25, -0.2) is 4.68 Å². The van der Waals surface area contributed by atoms with E-state index in [0.717, 1.165) is 17.7 Å². The van der Waals surface area contributed by atoms with Crippen LogP contribution in [0.2, 0.25) is 0 Å². The molecule has 0 bridgehead atoms. The fraction of sp³-hybridized carbons (Fsp3) is 0.333. The number of aryl methyl sites for hydroxylation is 1. The monoisotopic (exact) mass is 273 g/mol. The van der Waals surface area contributed by atoms with E-state index in [4.69, 9.17) is 10.5 Å². The smallest absolute Gasteiger partial charge is 0.266 e. The molecule has 2 N–H and O–H groups in total. The molecule has 0 fully saturated rings. The van der Waals surface area contributed by atoms with Gasteiger partial charge in [-0.2, -0.15) is 5.10 Å². The van der Waals surface area contributed by atoms with Crippen LogP contribution in [0.3, 0.4) is 0 Å². The van der Waals surface area contributed by atoms with Gasteiger partial charge in [0.25, 0.3) is 5.56 Å². The van der Waals surface area contributed by atoms with Gasteiger partial charge in [0.2, 0.25) is 0 Å². The topological polar surface area (TPSA) is 70.1 Å². The van der Waals surface area contributed by atoms with Crippen LogP contribution in [-0.2, 0) is 6.54 Å². The zero-order valence-electron chi connectivity index (χ0n) is 11.7. The van der Waals surface area contributed by atoms with Crippen LogP contribution in [0, 0.1) is 0 Å². The van der Waals surface area contributed by atoms with Crippen LogP contribution >= 0.6 is 0 Å². The second-order valence-corrected chi connectivity index (χ2v) is 4.57. The minimum Gasteiger partial charge on any atom is -0.497 e. The van der Waals surface area contributed by atoms with E-state index in [1.165, 1.54) is 10.7 Å². The van der Waals surface area contributed by atoms with Crippen LogP contribution in [0.1, 0.15) is 30.6 Å². The van der Waals surface area contributed by atoms with Gasteiger partial charge in [-0.05, 0) is 30.2 Å². The third-order valence-corrected chi connectivity index (χ3v) is 3.12. The predicted octanol–water partition coefficient (Wildman–Crippen LogP) is 1.71. The highest BCUT2D eigenvalue weighted by atomic mass is 16.5. The Morgan fingerprint density at radius 2 is 1.95 bits per heavy atom. The molecule has 1 aromatic carbocycles. The van der Waals surface area contributed by atoms with Gasteiger partial charge in [0.15, 0.2) is 0 Å². The summed E-state index contributed by atoms with van der Waals surface area (Å²) in [7, 11) is 1.62. The van der Waals surface area contributed by atoms with Crippen molar-refractivity contribution in [3.05, 3.63) is 58.0 Å². The summed E-state index contributed by atoms with van der Waals surface area (Å²) in [5.74, 6) is 0.782. The van der Waals surface area contributed by atoms with Gasteiger partial charge in [0.1, 0.15) is 5.75 Å². The Hall–Kier alpha value is -2.14. The third-order valence-electron chi connectivity index (χ3n) is 3.12. The first kappa shape index (κ1) is 14.3.